The van der Waals surface area contributed by atoms with Gasteiger partial charge in [0.2, 0.25) is 0 Å². The minimum atomic E-state index is -0.339. The number of anilines is 1. The first-order valence-electron chi connectivity index (χ1n) is 7.06. The highest BCUT2D eigenvalue weighted by Gasteiger charge is 2.10. The van der Waals surface area contributed by atoms with Crippen molar-refractivity contribution in [2.24, 2.45) is 0 Å². The van der Waals surface area contributed by atoms with Gasteiger partial charge in [-0.15, -0.1) is 0 Å². The fourth-order valence-electron chi connectivity index (χ4n) is 2.07. The molecule has 0 unspecified atom stereocenters. The maximum Gasteiger partial charge on any atom is 0.264 e. The predicted octanol–water partition coefficient (Wildman–Crippen LogP) is 3.19. The van der Waals surface area contributed by atoms with Crippen LogP contribution in [0.2, 0.25) is 0 Å². The second-order valence-electron chi connectivity index (χ2n) is 4.80. The lowest BCUT2D eigenvalue weighted by Gasteiger charge is -2.06. The Bertz CT molecular complexity index is 930. The highest BCUT2D eigenvalue weighted by Crippen LogP contribution is 2.29. The van der Waals surface area contributed by atoms with Gasteiger partial charge in [0.05, 0.1) is 22.9 Å². The molecule has 120 valence electrons. The quantitative estimate of drug-likeness (QED) is 0.772. The smallest absolute Gasteiger partial charge is 0.264 e. The summed E-state index contributed by atoms with van der Waals surface area (Å²) in [4.78, 5) is 16.3. The van der Waals surface area contributed by atoms with E-state index in [0.717, 1.165) is 16.0 Å². The summed E-state index contributed by atoms with van der Waals surface area (Å²) in [6.07, 6.45) is 0. The molecule has 6 nitrogen and oxygen atoms in total. The van der Waals surface area contributed by atoms with Gasteiger partial charge in [0.15, 0.2) is 11.7 Å². The number of nitriles is 1. The van der Waals surface area contributed by atoms with Crippen LogP contribution >= 0.6 is 11.3 Å². The Morgan fingerprint density at radius 2 is 2.17 bits per heavy atom. The third-order valence-corrected chi connectivity index (χ3v) is 4.14. The molecule has 2 aromatic carbocycles. The first-order valence-corrected chi connectivity index (χ1v) is 7.87. The standard InChI is InChI=1S/C17H13N3O3S/c1-22-12-6-7-13-15(8-12)24-17(19-13)20-16(21)10-23-14-5-3-2-4-11(14)9-18/h2-8H,10H2,1H3,(H,19,20,21). The van der Waals surface area contributed by atoms with Gasteiger partial charge in [-0.1, -0.05) is 23.5 Å². The molecule has 0 saturated heterocycles. The molecule has 0 radical (unpaired) electrons. The number of thiazole rings is 1. The van der Waals surface area contributed by atoms with Crippen LogP contribution < -0.4 is 14.8 Å². The number of benzene rings is 2. The highest BCUT2D eigenvalue weighted by molar-refractivity contribution is 7.22. The Hall–Kier alpha value is -3.11. The largest absolute Gasteiger partial charge is 0.497 e. The SMILES string of the molecule is COc1ccc2nc(NC(=O)COc3ccccc3C#N)sc2c1. The molecule has 1 aromatic heterocycles. The summed E-state index contributed by atoms with van der Waals surface area (Å²) in [6, 6.07) is 14.3. The van der Waals surface area contributed by atoms with Crippen LogP contribution in [-0.4, -0.2) is 24.6 Å². The van der Waals surface area contributed by atoms with E-state index >= 15 is 0 Å². The second-order valence-corrected chi connectivity index (χ2v) is 5.83. The first-order chi connectivity index (χ1) is 11.7. The zero-order chi connectivity index (χ0) is 16.9. The van der Waals surface area contributed by atoms with Crippen LogP contribution in [0.3, 0.4) is 0 Å². The number of para-hydroxylation sites is 1. The van der Waals surface area contributed by atoms with Crippen molar-refractivity contribution in [3.8, 4) is 17.6 Å². The van der Waals surface area contributed by atoms with Gasteiger partial charge in [0.1, 0.15) is 17.6 Å². The number of carbonyl (C=O) groups excluding carboxylic acids is 1. The lowest BCUT2D eigenvalue weighted by atomic mass is 10.2. The predicted molar refractivity (Wildman–Crippen MR) is 91.5 cm³/mol. The Morgan fingerprint density at radius 1 is 1.33 bits per heavy atom. The normalized spacial score (nSPS) is 10.2. The van der Waals surface area contributed by atoms with Crippen LogP contribution in [0.4, 0.5) is 5.13 Å². The molecule has 0 aliphatic heterocycles. The fraction of sp³-hybridized carbons (Fsp3) is 0.118. The van der Waals surface area contributed by atoms with E-state index in [1.165, 1.54) is 11.3 Å². The highest BCUT2D eigenvalue weighted by atomic mass is 32.1. The molecule has 0 fully saturated rings. The molecule has 3 rings (SSSR count). The first kappa shape index (κ1) is 15.8. The van der Waals surface area contributed by atoms with Gasteiger partial charge in [-0.3, -0.25) is 10.1 Å². The summed E-state index contributed by atoms with van der Waals surface area (Å²) in [5.41, 5.74) is 1.17. The van der Waals surface area contributed by atoms with Crippen molar-refractivity contribution in [1.82, 2.24) is 4.98 Å². The molecule has 0 aliphatic carbocycles. The van der Waals surface area contributed by atoms with Gasteiger partial charge >= 0.3 is 0 Å². The molecule has 3 aromatic rings. The van der Waals surface area contributed by atoms with E-state index in [4.69, 9.17) is 14.7 Å². The van der Waals surface area contributed by atoms with Crippen molar-refractivity contribution < 1.29 is 14.3 Å². The summed E-state index contributed by atoms with van der Waals surface area (Å²) in [6.45, 7) is -0.196. The van der Waals surface area contributed by atoms with Gasteiger partial charge in [-0.25, -0.2) is 4.98 Å². The third-order valence-electron chi connectivity index (χ3n) is 3.21. The molecule has 1 heterocycles. The Kier molecular flexibility index (Phi) is 4.59. The van der Waals surface area contributed by atoms with Crippen molar-refractivity contribution in [3.63, 3.8) is 0 Å². The van der Waals surface area contributed by atoms with E-state index in [0.29, 0.717) is 16.4 Å². The van der Waals surface area contributed by atoms with Crippen LogP contribution in [0, 0.1) is 11.3 Å². The molecule has 7 heteroatoms. The van der Waals surface area contributed by atoms with E-state index in [-0.39, 0.29) is 12.5 Å². The van der Waals surface area contributed by atoms with E-state index in [1.807, 2.05) is 24.3 Å². The number of methoxy groups -OCH3 is 1. The number of carbonyl (C=O) groups is 1. The number of rotatable bonds is 5. The van der Waals surface area contributed by atoms with Crippen molar-refractivity contribution in [2.45, 2.75) is 0 Å². The van der Waals surface area contributed by atoms with E-state index in [9.17, 15) is 4.79 Å². The molecule has 1 amide bonds. The molecule has 0 atom stereocenters. The van der Waals surface area contributed by atoms with Gasteiger partial charge in [0.25, 0.3) is 5.91 Å². The number of hydrogen-bond donors (Lipinski definition) is 1. The summed E-state index contributed by atoms with van der Waals surface area (Å²) in [5.74, 6) is 0.776. The summed E-state index contributed by atoms with van der Waals surface area (Å²) >= 11 is 1.35. The Morgan fingerprint density at radius 3 is 2.96 bits per heavy atom. The van der Waals surface area contributed by atoms with Crippen molar-refractivity contribution in [2.75, 3.05) is 19.0 Å². The zero-order valence-corrected chi connectivity index (χ0v) is 13.6. The number of nitrogens with one attached hydrogen (secondary N) is 1. The summed E-state index contributed by atoms with van der Waals surface area (Å²) < 4.78 is 11.5. The molecule has 24 heavy (non-hydrogen) atoms. The number of aromatic nitrogens is 1. The number of nitrogens with zero attached hydrogens (tertiary/aromatic N) is 2. The van der Waals surface area contributed by atoms with Gasteiger partial charge < -0.3 is 9.47 Å². The van der Waals surface area contributed by atoms with Crippen molar-refractivity contribution in [1.29, 1.82) is 5.26 Å². The number of amides is 1. The molecule has 0 spiro atoms. The number of ether oxygens (including phenoxy) is 2. The third kappa shape index (κ3) is 3.45. The minimum Gasteiger partial charge on any atom is -0.497 e. The van der Waals surface area contributed by atoms with Crippen molar-refractivity contribution >= 4 is 32.6 Å². The van der Waals surface area contributed by atoms with Gasteiger partial charge in [0, 0.05) is 0 Å². The number of fused-ring (bicyclic) bond motifs is 1. The minimum absolute atomic E-state index is 0.196. The summed E-state index contributed by atoms with van der Waals surface area (Å²) in [7, 11) is 1.60. The van der Waals surface area contributed by atoms with Crippen LogP contribution in [0.25, 0.3) is 10.2 Å². The van der Waals surface area contributed by atoms with Crippen molar-refractivity contribution in [3.05, 3.63) is 48.0 Å². The van der Waals surface area contributed by atoms with Gasteiger partial charge in [-0.2, -0.15) is 5.26 Å². The maximum absolute atomic E-state index is 12.0. The van der Waals surface area contributed by atoms with Crippen LogP contribution in [-0.2, 0) is 4.79 Å². The monoisotopic (exact) mass is 339 g/mol. The average Bonchev–Trinajstić information content (AvgIpc) is 3.01. The lowest BCUT2D eigenvalue weighted by Crippen LogP contribution is -2.20. The van der Waals surface area contributed by atoms with Gasteiger partial charge in [-0.05, 0) is 30.3 Å². The molecule has 0 saturated carbocycles. The van der Waals surface area contributed by atoms with Crippen LogP contribution in [0.1, 0.15) is 5.56 Å². The maximum atomic E-state index is 12.0. The molecule has 1 N–H and O–H groups in total. The molecule has 0 aliphatic rings. The van der Waals surface area contributed by atoms with E-state index < -0.39 is 0 Å². The van der Waals surface area contributed by atoms with Crippen LogP contribution in [0.5, 0.6) is 11.5 Å². The molecular formula is C17H13N3O3S. The van der Waals surface area contributed by atoms with E-state index in [1.54, 1.807) is 31.4 Å². The summed E-state index contributed by atoms with van der Waals surface area (Å²) in [5, 5.41) is 12.2. The number of hydrogen-bond acceptors (Lipinski definition) is 6. The van der Waals surface area contributed by atoms with Crippen LogP contribution in [0.15, 0.2) is 42.5 Å². The van der Waals surface area contributed by atoms with E-state index in [2.05, 4.69) is 10.3 Å². The molecule has 0 bridgehead atoms. The topological polar surface area (TPSA) is 84.2 Å². The second kappa shape index (κ2) is 6.98. The Labute approximate surface area is 142 Å². The average molecular weight is 339 g/mol. The lowest BCUT2D eigenvalue weighted by molar-refractivity contribution is -0.118. The zero-order valence-electron chi connectivity index (χ0n) is 12.8. The fourth-order valence-corrected chi connectivity index (χ4v) is 2.98. The molecular weight excluding hydrogens is 326 g/mol. The Balaban J connectivity index is 1.65.